The van der Waals surface area contributed by atoms with Gasteiger partial charge in [-0.3, -0.25) is 4.98 Å². The molecule has 0 unspecified atom stereocenters. The first-order valence-electron chi connectivity index (χ1n) is 8.59. The number of aromatic amines is 1. The molecule has 0 aliphatic rings. The molecule has 0 aliphatic heterocycles. The lowest BCUT2D eigenvalue weighted by Crippen LogP contribution is -1.99. The number of H-pyrrole nitrogens is 1. The van der Waals surface area contributed by atoms with Crippen LogP contribution in [0.5, 0.6) is 5.88 Å². The van der Waals surface area contributed by atoms with E-state index in [2.05, 4.69) is 47.8 Å². The molecule has 0 saturated carbocycles. The molecule has 0 spiro atoms. The van der Waals surface area contributed by atoms with E-state index in [0.717, 1.165) is 25.7 Å². The maximum atomic E-state index is 10.3. The van der Waals surface area contributed by atoms with Crippen molar-refractivity contribution in [1.29, 1.82) is 0 Å². The molecule has 2 aromatic carbocycles. The number of para-hydroxylation sites is 1. The number of hydrogen-bond acceptors (Lipinski definition) is 4. The lowest BCUT2D eigenvalue weighted by molar-refractivity contribution is 0.459. The number of hydrogen-bond donors (Lipinski definition) is 2. The summed E-state index contributed by atoms with van der Waals surface area (Å²) in [6.45, 7) is 1.99. The highest BCUT2D eigenvalue weighted by Crippen LogP contribution is 2.36. The van der Waals surface area contributed by atoms with Crippen molar-refractivity contribution in [3.05, 3.63) is 81.7 Å². The molecular formula is C21H16IN5O. The first kappa shape index (κ1) is 18.3. The Hall–Kier alpha value is -3.07. The normalized spacial score (nSPS) is 12.1. The number of nitrogens with zero attached hydrogens (tertiary/aromatic N) is 4. The van der Waals surface area contributed by atoms with E-state index in [1.165, 1.54) is 0 Å². The van der Waals surface area contributed by atoms with Gasteiger partial charge in [-0.1, -0.05) is 24.3 Å². The van der Waals surface area contributed by atoms with E-state index < -0.39 is 0 Å². The van der Waals surface area contributed by atoms with Gasteiger partial charge in [-0.15, -0.1) is 10.2 Å². The van der Waals surface area contributed by atoms with Gasteiger partial charge in [0.25, 0.3) is 0 Å². The lowest BCUT2D eigenvalue weighted by atomic mass is 10.2. The smallest absolute Gasteiger partial charge is 0.218 e. The van der Waals surface area contributed by atoms with Crippen molar-refractivity contribution in [2.24, 2.45) is 15.2 Å². The number of benzene rings is 2. The minimum absolute atomic E-state index is 0.0305. The Morgan fingerprint density at radius 1 is 1.07 bits per heavy atom. The summed E-state index contributed by atoms with van der Waals surface area (Å²) < 4.78 is 1.04. The third-order valence-electron chi connectivity index (χ3n) is 4.19. The number of nitrogens with one attached hydrogen (secondary N) is 1. The van der Waals surface area contributed by atoms with E-state index in [1.807, 2.05) is 67.6 Å². The third kappa shape index (κ3) is 3.79. The number of aliphatic imine (C=N–C) groups is 1. The Labute approximate surface area is 175 Å². The van der Waals surface area contributed by atoms with E-state index in [0.29, 0.717) is 17.2 Å². The summed E-state index contributed by atoms with van der Waals surface area (Å²) in [6.07, 6.45) is 1.68. The quantitative estimate of drug-likeness (QED) is 0.162. The summed E-state index contributed by atoms with van der Waals surface area (Å²) in [5.41, 5.74) is 3.59. The summed E-state index contributed by atoms with van der Waals surface area (Å²) in [5.74, 6) is 0.339. The van der Waals surface area contributed by atoms with Crippen LogP contribution in [0.2, 0.25) is 0 Å². The average Bonchev–Trinajstić information content (AvgIpc) is 3.01. The Morgan fingerprint density at radius 3 is 2.68 bits per heavy atom. The fraction of sp³-hybridized carbons (Fsp3) is 0.0476. The minimum atomic E-state index is -0.0305. The maximum absolute atomic E-state index is 10.3. The predicted molar refractivity (Wildman–Crippen MR) is 119 cm³/mol. The number of fused-ring (bicyclic) bond motifs is 1. The summed E-state index contributed by atoms with van der Waals surface area (Å²) in [5, 5.41) is 19.7. The molecule has 0 amide bonds. The van der Waals surface area contributed by atoms with Crippen LogP contribution in [0.4, 0.5) is 11.4 Å². The molecular weight excluding hydrogens is 465 g/mol. The molecule has 4 rings (SSSR count). The Morgan fingerprint density at radius 2 is 1.89 bits per heavy atom. The van der Waals surface area contributed by atoms with Gasteiger partial charge >= 0.3 is 0 Å². The van der Waals surface area contributed by atoms with Gasteiger partial charge in [-0.05, 0) is 71.5 Å². The van der Waals surface area contributed by atoms with Gasteiger partial charge < -0.3 is 10.1 Å². The van der Waals surface area contributed by atoms with Crippen LogP contribution in [0.25, 0.3) is 10.9 Å². The molecule has 138 valence electrons. The Balaban J connectivity index is 1.82. The number of rotatable bonds is 3. The number of aromatic hydroxyl groups is 1. The van der Waals surface area contributed by atoms with Crippen LogP contribution >= 0.6 is 22.6 Å². The molecule has 0 atom stereocenters. The third-order valence-corrected chi connectivity index (χ3v) is 4.87. The van der Waals surface area contributed by atoms with Gasteiger partial charge in [0.1, 0.15) is 5.69 Å². The second kappa shape index (κ2) is 7.89. The van der Waals surface area contributed by atoms with Crippen LogP contribution < -0.4 is 0 Å². The molecule has 2 N–H and O–H groups in total. The van der Waals surface area contributed by atoms with E-state index in [-0.39, 0.29) is 5.88 Å². The zero-order chi connectivity index (χ0) is 19.5. The van der Waals surface area contributed by atoms with Gasteiger partial charge in [0.2, 0.25) is 11.7 Å². The van der Waals surface area contributed by atoms with E-state index >= 15 is 0 Å². The van der Waals surface area contributed by atoms with Gasteiger partial charge in [-0.25, -0.2) is 4.99 Å². The summed E-state index contributed by atoms with van der Waals surface area (Å²) in [6, 6.07) is 19.1. The molecule has 0 fully saturated rings. The van der Waals surface area contributed by atoms with Gasteiger partial charge in [0.05, 0.1) is 11.2 Å². The summed E-state index contributed by atoms with van der Waals surface area (Å²) >= 11 is 2.22. The zero-order valence-corrected chi connectivity index (χ0v) is 17.1. The Kier molecular flexibility index (Phi) is 5.16. The maximum Gasteiger partial charge on any atom is 0.218 e. The molecule has 4 aromatic rings. The molecule has 2 aromatic heterocycles. The molecule has 0 radical (unpaired) electrons. The number of aryl methyl sites for hydroxylation is 1. The second-order valence-electron chi connectivity index (χ2n) is 6.15. The predicted octanol–water partition coefficient (Wildman–Crippen LogP) is 6.04. The molecule has 2 heterocycles. The molecule has 0 aliphatic carbocycles. The molecule has 6 nitrogen and oxygen atoms in total. The van der Waals surface area contributed by atoms with E-state index in [9.17, 15) is 5.11 Å². The standard InChI is InChI=1S/C21H16IN5O/c1-13-6-2-3-7-16(13)24-20(18-8-4-5-11-23-18)27-26-19-15-12-14(22)9-10-17(15)25-21(19)28/h2-12,25,28H,1H3. The average molecular weight is 481 g/mol. The van der Waals surface area contributed by atoms with Crippen LogP contribution in [0.3, 0.4) is 0 Å². The van der Waals surface area contributed by atoms with Crippen LogP contribution in [0.15, 0.2) is 82.1 Å². The fourth-order valence-corrected chi connectivity index (χ4v) is 3.25. The van der Waals surface area contributed by atoms with E-state index in [1.54, 1.807) is 6.20 Å². The topological polar surface area (TPSA) is 86.0 Å². The summed E-state index contributed by atoms with van der Waals surface area (Å²) in [4.78, 5) is 11.9. The largest absolute Gasteiger partial charge is 0.493 e. The Bertz CT molecular complexity index is 1200. The van der Waals surface area contributed by atoms with Crippen molar-refractivity contribution in [2.75, 3.05) is 0 Å². The van der Waals surface area contributed by atoms with Gasteiger partial charge in [0, 0.05) is 15.2 Å². The fourth-order valence-electron chi connectivity index (χ4n) is 2.76. The van der Waals surface area contributed by atoms with E-state index in [4.69, 9.17) is 0 Å². The van der Waals surface area contributed by atoms with Crippen molar-refractivity contribution in [3.63, 3.8) is 0 Å². The first-order valence-corrected chi connectivity index (χ1v) is 9.67. The minimum Gasteiger partial charge on any atom is -0.493 e. The number of azo groups is 1. The van der Waals surface area contributed by atoms with Crippen molar-refractivity contribution < 1.29 is 5.11 Å². The van der Waals surface area contributed by atoms with Crippen LogP contribution in [0, 0.1) is 10.5 Å². The highest BCUT2D eigenvalue weighted by atomic mass is 127. The van der Waals surface area contributed by atoms with Gasteiger partial charge in [0.15, 0.2) is 5.69 Å². The SMILES string of the molecule is Cc1ccccc1N=C(N=Nc1c(O)[nH]c2ccc(I)cc12)c1ccccn1. The second-order valence-corrected chi connectivity index (χ2v) is 7.39. The van der Waals surface area contributed by atoms with Gasteiger partial charge in [-0.2, -0.15) is 0 Å². The first-order chi connectivity index (χ1) is 13.6. The molecule has 28 heavy (non-hydrogen) atoms. The molecule has 0 saturated heterocycles. The van der Waals surface area contributed by atoms with Crippen molar-refractivity contribution in [2.45, 2.75) is 6.92 Å². The zero-order valence-electron chi connectivity index (χ0n) is 15.0. The van der Waals surface area contributed by atoms with Crippen LogP contribution in [-0.4, -0.2) is 20.9 Å². The molecule has 0 bridgehead atoms. The number of aromatic nitrogens is 2. The van der Waals surface area contributed by atoms with Crippen molar-refractivity contribution in [3.8, 4) is 5.88 Å². The van der Waals surface area contributed by atoms with Crippen LogP contribution in [-0.2, 0) is 0 Å². The molecule has 7 heteroatoms. The lowest BCUT2D eigenvalue weighted by Gasteiger charge is -2.02. The monoisotopic (exact) mass is 481 g/mol. The summed E-state index contributed by atoms with van der Waals surface area (Å²) in [7, 11) is 0. The number of amidine groups is 1. The number of pyridine rings is 1. The van der Waals surface area contributed by atoms with Crippen LogP contribution in [0.1, 0.15) is 11.3 Å². The van der Waals surface area contributed by atoms with Crippen molar-refractivity contribution >= 4 is 50.7 Å². The van der Waals surface area contributed by atoms with Crippen molar-refractivity contribution in [1.82, 2.24) is 9.97 Å². The number of halogens is 1. The highest BCUT2D eigenvalue weighted by molar-refractivity contribution is 14.1. The highest BCUT2D eigenvalue weighted by Gasteiger charge is 2.12.